The Hall–Kier alpha value is -0.810. The van der Waals surface area contributed by atoms with Gasteiger partial charge < -0.3 is 10.6 Å². The van der Waals surface area contributed by atoms with Gasteiger partial charge in [0.1, 0.15) is 17.3 Å². The van der Waals surface area contributed by atoms with Crippen molar-refractivity contribution in [3.8, 4) is 0 Å². The average molecular weight is 286 g/mol. The lowest BCUT2D eigenvalue weighted by Crippen LogP contribution is -2.41. The minimum absolute atomic E-state index is 0.111. The van der Waals surface area contributed by atoms with Gasteiger partial charge in [-0.1, -0.05) is 13.8 Å². The summed E-state index contributed by atoms with van der Waals surface area (Å²) >= 11 is 1.86. The molecule has 19 heavy (non-hydrogen) atoms. The molecule has 5 heteroatoms. The molecular formula is C14H20F2N2S. The normalized spacial score (nSPS) is 23.7. The number of thioether (sulfide) groups is 1. The largest absolute Gasteiger partial charge is 0.365 e. The summed E-state index contributed by atoms with van der Waals surface area (Å²) < 4.78 is 28.3. The number of hydrogen-bond acceptors (Lipinski definition) is 3. The third-order valence-electron chi connectivity index (χ3n) is 3.25. The van der Waals surface area contributed by atoms with Crippen LogP contribution in [0.4, 0.5) is 14.5 Å². The maximum Gasteiger partial charge on any atom is 0.149 e. The van der Waals surface area contributed by atoms with E-state index in [1.54, 1.807) is 0 Å². The Balaban J connectivity index is 2.29. The lowest BCUT2D eigenvalue weighted by molar-refractivity contribution is 0.563. The fourth-order valence-electron chi connectivity index (χ4n) is 2.59. The van der Waals surface area contributed by atoms with Crippen molar-refractivity contribution in [1.29, 1.82) is 0 Å². The van der Waals surface area contributed by atoms with Crippen molar-refractivity contribution in [2.45, 2.75) is 30.8 Å². The van der Waals surface area contributed by atoms with Crippen LogP contribution < -0.4 is 10.6 Å². The first-order valence-electron chi connectivity index (χ1n) is 6.59. The predicted molar refractivity (Wildman–Crippen MR) is 77.8 cm³/mol. The maximum absolute atomic E-state index is 14.1. The zero-order valence-electron chi connectivity index (χ0n) is 11.3. The number of benzene rings is 1. The van der Waals surface area contributed by atoms with E-state index in [2.05, 4.69) is 13.8 Å². The van der Waals surface area contributed by atoms with E-state index in [1.165, 1.54) is 12.1 Å². The van der Waals surface area contributed by atoms with E-state index in [0.29, 0.717) is 42.1 Å². The van der Waals surface area contributed by atoms with E-state index >= 15 is 0 Å². The van der Waals surface area contributed by atoms with Crippen molar-refractivity contribution in [3.63, 3.8) is 0 Å². The molecule has 2 rings (SSSR count). The van der Waals surface area contributed by atoms with Gasteiger partial charge in [-0.25, -0.2) is 8.78 Å². The lowest BCUT2D eigenvalue weighted by atomic mass is 10.1. The minimum atomic E-state index is -0.477. The average Bonchev–Trinajstić information content (AvgIpc) is 2.26. The van der Waals surface area contributed by atoms with E-state index in [-0.39, 0.29) is 5.69 Å². The highest BCUT2D eigenvalue weighted by Crippen LogP contribution is 2.32. The van der Waals surface area contributed by atoms with Crippen LogP contribution in [-0.2, 0) is 6.42 Å². The van der Waals surface area contributed by atoms with E-state index in [1.807, 2.05) is 16.7 Å². The van der Waals surface area contributed by atoms with Gasteiger partial charge in [0.05, 0.1) is 0 Å². The number of rotatable bonds is 3. The summed E-state index contributed by atoms with van der Waals surface area (Å²) in [4.78, 5) is 1.82. The van der Waals surface area contributed by atoms with E-state index < -0.39 is 11.6 Å². The van der Waals surface area contributed by atoms with Gasteiger partial charge in [0.25, 0.3) is 0 Å². The third kappa shape index (κ3) is 3.39. The summed E-state index contributed by atoms with van der Waals surface area (Å²) in [5.41, 5.74) is 6.15. The van der Waals surface area contributed by atoms with Crippen LogP contribution in [0.5, 0.6) is 0 Å². The van der Waals surface area contributed by atoms with Crippen LogP contribution in [0.25, 0.3) is 0 Å². The maximum atomic E-state index is 14.1. The molecule has 2 atom stereocenters. The first-order valence-corrected chi connectivity index (χ1v) is 7.54. The Kier molecular flexibility index (Phi) is 4.68. The van der Waals surface area contributed by atoms with Gasteiger partial charge in [-0.15, -0.1) is 0 Å². The molecule has 1 heterocycles. The molecule has 0 aliphatic carbocycles. The van der Waals surface area contributed by atoms with Crippen LogP contribution in [0, 0.1) is 11.6 Å². The fourth-order valence-corrected chi connectivity index (χ4v) is 3.92. The van der Waals surface area contributed by atoms with Crippen LogP contribution >= 0.6 is 11.8 Å². The minimum Gasteiger partial charge on any atom is -0.365 e. The molecule has 1 saturated heterocycles. The Morgan fingerprint density at radius 1 is 1.21 bits per heavy atom. The van der Waals surface area contributed by atoms with Crippen molar-refractivity contribution in [1.82, 2.24) is 0 Å². The molecule has 2 N–H and O–H groups in total. The van der Waals surface area contributed by atoms with E-state index in [9.17, 15) is 8.78 Å². The Morgan fingerprint density at radius 3 is 2.21 bits per heavy atom. The van der Waals surface area contributed by atoms with Gasteiger partial charge >= 0.3 is 0 Å². The molecule has 1 aliphatic heterocycles. The number of hydrogen-bond donors (Lipinski definition) is 1. The van der Waals surface area contributed by atoms with Gasteiger partial charge in [-0.3, -0.25) is 0 Å². The highest BCUT2D eigenvalue weighted by Gasteiger charge is 2.26. The summed E-state index contributed by atoms with van der Waals surface area (Å²) in [6.07, 6.45) is 0.497. The number of halogens is 2. The molecule has 1 aromatic rings. The quantitative estimate of drug-likeness (QED) is 0.926. The highest BCUT2D eigenvalue weighted by atomic mass is 32.2. The Labute approximate surface area is 117 Å². The molecule has 1 aromatic carbocycles. The number of nitrogens with two attached hydrogens (primary N) is 1. The van der Waals surface area contributed by atoms with Crippen molar-refractivity contribution in [2.75, 3.05) is 24.5 Å². The summed E-state index contributed by atoms with van der Waals surface area (Å²) in [7, 11) is 0. The summed E-state index contributed by atoms with van der Waals surface area (Å²) in [5.74, 6) is -0.954. The fraction of sp³-hybridized carbons (Fsp3) is 0.571. The summed E-state index contributed by atoms with van der Waals surface area (Å²) in [6, 6.07) is 2.81. The lowest BCUT2D eigenvalue weighted by Gasteiger charge is -2.36. The zero-order valence-corrected chi connectivity index (χ0v) is 12.1. The summed E-state index contributed by atoms with van der Waals surface area (Å²) in [6.45, 7) is 5.93. The van der Waals surface area contributed by atoms with Gasteiger partial charge in [0, 0.05) is 23.6 Å². The molecule has 0 saturated carbocycles. The molecule has 0 amide bonds. The Morgan fingerprint density at radius 2 is 1.74 bits per heavy atom. The third-order valence-corrected chi connectivity index (χ3v) is 4.47. The monoisotopic (exact) mass is 286 g/mol. The second-order valence-electron chi connectivity index (χ2n) is 5.11. The van der Waals surface area contributed by atoms with Crippen LogP contribution in [0.1, 0.15) is 19.4 Å². The standard InChI is InChI=1S/C14H20F2N2S/c1-9-7-18(8-10(2)19-9)14-12(15)5-11(3-4-17)6-13(14)16/h5-6,9-10H,3-4,7-8,17H2,1-2H3. The van der Waals surface area contributed by atoms with Crippen LogP contribution in [-0.4, -0.2) is 30.1 Å². The smallest absolute Gasteiger partial charge is 0.149 e. The molecule has 106 valence electrons. The van der Waals surface area contributed by atoms with Crippen LogP contribution in [0.2, 0.25) is 0 Å². The second kappa shape index (κ2) is 6.09. The van der Waals surface area contributed by atoms with E-state index in [0.717, 1.165) is 0 Å². The molecule has 1 fully saturated rings. The molecule has 1 aliphatic rings. The first-order chi connectivity index (χ1) is 9.01. The van der Waals surface area contributed by atoms with Gasteiger partial charge in [0.15, 0.2) is 0 Å². The number of nitrogens with zero attached hydrogens (tertiary/aromatic N) is 1. The second-order valence-corrected chi connectivity index (χ2v) is 6.99. The topological polar surface area (TPSA) is 29.3 Å². The van der Waals surface area contributed by atoms with E-state index in [4.69, 9.17) is 5.73 Å². The van der Waals surface area contributed by atoms with Crippen LogP contribution in [0.3, 0.4) is 0 Å². The Bertz CT molecular complexity index is 420. The SMILES string of the molecule is CC1CN(c2c(F)cc(CCN)cc2F)CC(C)S1. The van der Waals surface area contributed by atoms with Crippen molar-refractivity contribution < 1.29 is 8.78 Å². The molecule has 0 radical (unpaired) electrons. The van der Waals surface area contributed by atoms with Gasteiger partial charge in [-0.05, 0) is 30.7 Å². The molecule has 0 aromatic heterocycles. The predicted octanol–water partition coefficient (Wildman–Crippen LogP) is 2.80. The molecule has 0 bridgehead atoms. The molecule has 2 unspecified atom stereocenters. The molecular weight excluding hydrogens is 266 g/mol. The van der Waals surface area contributed by atoms with Crippen molar-refractivity contribution in [2.24, 2.45) is 5.73 Å². The van der Waals surface area contributed by atoms with Gasteiger partial charge in [0.2, 0.25) is 0 Å². The van der Waals surface area contributed by atoms with Crippen LogP contribution in [0.15, 0.2) is 12.1 Å². The van der Waals surface area contributed by atoms with Crippen molar-refractivity contribution in [3.05, 3.63) is 29.3 Å². The highest BCUT2D eigenvalue weighted by molar-refractivity contribution is 8.00. The number of anilines is 1. The molecule has 0 spiro atoms. The summed E-state index contributed by atoms with van der Waals surface area (Å²) in [5, 5.41) is 0.762. The van der Waals surface area contributed by atoms with Gasteiger partial charge in [-0.2, -0.15) is 11.8 Å². The van der Waals surface area contributed by atoms with Crippen molar-refractivity contribution >= 4 is 17.4 Å². The first kappa shape index (κ1) is 14.6. The zero-order chi connectivity index (χ0) is 14.0. The molecule has 2 nitrogen and oxygen atoms in total.